The quantitative estimate of drug-likeness (QED) is 0.654. The van der Waals surface area contributed by atoms with E-state index in [-0.39, 0.29) is 5.92 Å². The molecule has 0 aromatic heterocycles. The maximum Gasteiger partial charge on any atom is 0.0767 e. The van der Waals surface area contributed by atoms with Gasteiger partial charge >= 0.3 is 0 Å². The molecule has 0 saturated carbocycles. The van der Waals surface area contributed by atoms with Crippen LogP contribution in [0.4, 0.5) is 0 Å². The predicted octanol–water partition coefficient (Wildman–Crippen LogP) is 1.53. The first-order valence-corrected chi connectivity index (χ1v) is 5.60. The summed E-state index contributed by atoms with van der Waals surface area (Å²) in [4.78, 5) is 0. The fraction of sp³-hybridized carbons (Fsp3) is 1.00. The highest BCUT2D eigenvalue weighted by Crippen LogP contribution is 2.22. The Labute approximate surface area is 93.9 Å². The van der Waals surface area contributed by atoms with Gasteiger partial charge in [-0.15, -0.1) is 0 Å². The largest absolute Gasteiger partial charge is 0.389 e. The van der Waals surface area contributed by atoms with Crippen LogP contribution in [0.1, 0.15) is 48.5 Å². The van der Waals surface area contributed by atoms with Crippen molar-refractivity contribution in [3.05, 3.63) is 0 Å². The summed E-state index contributed by atoms with van der Waals surface area (Å²) in [5, 5.41) is 23.2. The normalized spacial score (nSPS) is 18.0. The van der Waals surface area contributed by atoms with Gasteiger partial charge in [-0.2, -0.15) is 0 Å². The number of β-amino-alcohol motifs (C(OH)–C–C–N with tert-alkyl or cyclic N) is 1. The summed E-state index contributed by atoms with van der Waals surface area (Å²) in [5.74, 6) is 0.183. The molecule has 0 spiro atoms. The smallest absolute Gasteiger partial charge is 0.0767 e. The highest BCUT2D eigenvalue weighted by Gasteiger charge is 2.36. The summed E-state index contributed by atoms with van der Waals surface area (Å²) in [7, 11) is 0. The lowest BCUT2D eigenvalue weighted by molar-refractivity contribution is -0.0332. The molecule has 0 radical (unpaired) electrons. The first-order valence-electron chi connectivity index (χ1n) is 5.60. The molecule has 0 fully saturated rings. The summed E-state index contributed by atoms with van der Waals surface area (Å²) in [6.45, 7) is 13.7. The minimum atomic E-state index is -0.819. The molecule has 0 amide bonds. The predicted molar refractivity (Wildman–Crippen MR) is 63.8 cm³/mol. The molecule has 0 aromatic carbocycles. The third kappa shape index (κ3) is 4.09. The van der Waals surface area contributed by atoms with E-state index in [9.17, 15) is 10.2 Å². The molecule has 3 heteroatoms. The van der Waals surface area contributed by atoms with Crippen molar-refractivity contribution in [2.24, 2.45) is 5.92 Å². The average molecular weight is 217 g/mol. The van der Waals surface area contributed by atoms with Gasteiger partial charge in [0, 0.05) is 12.1 Å². The Morgan fingerprint density at radius 2 is 1.40 bits per heavy atom. The maximum absolute atomic E-state index is 10.1. The van der Waals surface area contributed by atoms with E-state index in [1.54, 1.807) is 13.8 Å². The van der Waals surface area contributed by atoms with E-state index in [1.165, 1.54) is 0 Å². The molecule has 92 valence electrons. The van der Waals surface area contributed by atoms with Gasteiger partial charge in [0.25, 0.3) is 0 Å². The molecule has 0 aromatic rings. The highest BCUT2D eigenvalue weighted by molar-refractivity contribution is 4.95. The van der Waals surface area contributed by atoms with Crippen molar-refractivity contribution in [3.63, 3.8) is 0 Å². The van der Waals surface area contributed by atoms with Crippen LogP contribution in [0.25, 0.3) is 0 Å². The summed E-state index contributed by atoms with van der Waals surface area (Å²) < 4.78 is 0. The second-order valence-corrected chi connectivity index (χ2v) is 6.05. The van der Waals surface area contributed by atoms with Crippen LogP contribution in [0.5, 0.6) is 0 Å². The molecule has 0 heterocycles. The van der Waals surface area contributed by atoms with Gasteiger partial charge < -0.3 is 15.5 Å². The molecule has 1 atom stereocenters. The van der Waals surface area contributed by atoms with E-state index in [0.29, 0.717) is 6.54 Å². The Morgan fingerprint density at radius 1 is 1.00 bits per heavy atom. The van der Waals surface area contributed by atoms with Crippen LogP contribution < -0.4 is 5.32 Å². The number of hydrogen-bond acceptors (Lipinski definition) is 3. The van der Waals surface area contributed by atoms with Gasteiger partial charge in [-0.3, -0.25) is 0 Å². The molecule has 0 bridgehead atoms. The lowest BCUT2D eigenvalue weighted by atomic mass is 9.84. The molecular formula is C12H27NO2. The van der Waals surface area contributed by atoms with E-state index in [1.807, 2.05) is 34.6 Å². The Morgan fingerprint density at radius 3 is 1.67 bits per heavy atom. The zero-order valence-electron chi connectivity index (χ0n) is 11.2. The van der Waals surface area contributed by atoms with Gasteiger partial charge in [0.15, 0.2) is 0 Å². The second kappa shape index (κ2) is 4.40. The third-order valence-corrected chi connectivity index (χ3v) is 3.66. The van der Waals surface area contributed by atoms with Crippen molar-refractivity contribution in [1.29, 1.82) is 0 Å². The fourth-order valence-corrected chi connectivity index (χ4v) is 0.820. The van der Waals surface area contributed by atoms with Crippen molar-refractivity contribution >= 4 is 0 Å². The van der Waals surface area contributed by atoms with Crippen LogP contribution in [0.15, 0.2) is 0 Å². The van der Waals surface area contributed by atoms with Crippen molar-refractivity contribution in [2.75, 3.05) is 6.54 Å². The van der Waals surface area contributed by atoms with E-state index in [0.717, 1.165) is 0 Å². The molecule has 3 N–H and O–H groups in total. The lowest BCUT2D eigenvalue weighted by Gasteiger charge is -2.41. The summed E-state index contributed by atoms with van der Waals surface area (Å²) in [5.41, 5.74) is -1.99. The van der Waals surface area contributed by atoms with Gasteiger partial charge in [-0.1, -0.05) is 13.8 Å². The molecule has 0 aliphatic carbocycles. The van der Waals surface area contributed by atoms with Crippen LogP contribution >= 0.6 is 0 Å². The van der Waals surface area contributed by atoms with Gasteiger partial charge in [-0.25, -0.2) is 0 Å². The molecule has 0 rings (SSSR count). The zero-order valence-corrected chi connectivity index (χ0v) is 11.2. The zero-order chi connectivity index (χ0) is 12.5. The van der Waals surface area contributed by atoms with Gasteiger partial charge in [0.1, 0.15) is 0 Å². The minimum Gasteiger partial charge on any atom is -0.389 e. The van der Waals surface area contributed by atoms with E-state index >= 15 is 0 Å². The van der Waals surface area contributed by atoms with Crippen LogP contribution in [-0.2, 0) is 0 Å². The fourth-order valence-electron chi connectivity index (χ4n) is 0.820. The van der Waals surface area contributed by atoms with Crippen molar-refractivity contribution in [1.82, 2.24) is 5.32 Å². The van der Waals surface area contributed by atoms with Gasteiger partial charge in [0.2, 0.25) is 0 Å². The molecule has 0 aliphatic heterocycles. The first-order chi connectivity index (χ1) is 6.40. The Balaban J connectivity index is 4.40. The number of aliphatic hydroxyl groups is 2. The van der Waals surface area contributed by atoms with E-state index < -0.39 is 16.7 Å². The lowest BCUT2D eigenvalue weighted by Crippen LogP contribution is -2.59. The second-order valence-electron chi connectivity index (χ2n) is 6.05. The minimum absolute atomic E-state index is 0.183. The Bertz CT molecular complexity index is 202. The van der Waals surface area contributed by atoms with Crippen LogP contribution in [0.3, 0.4) is 0 Å². The number of hydrogen-bond donors (Lipinski definition) is 3. The van der Waals surface area contributed by atoms with Crippen LogP contribution in [-0.4, -0.2) is 33.5 Å². The number of nitrogens with one attached hydrogen (secondary N) is 1. The van der Waals surface area contributed by atoms with Crippen molar-refractivity contribution in [3.8, 4) is 0 Å². The molecule has 15 heavy (non-hydrogen) atoms. The number of rotatable bonds is 5. The molecular weight excluding hydrogens is 190 g/mol. The monoisotopic (exact) mass is 217 g/mol. The third-order valence-electron chi connectivity index (χ3n) is 3.66. The Hall–Kier alpha value is -0.120. The van der Waals surface area contributed by atoms with Crippen molar-refractivity contribution in [2.45, 2.75) is 65.2 Å². The summed E-state index contributed by atoms with van der Waals surface area (Å²) in [6, 6.07) is 0. The first kappa shape index (κ1) is 14.9. The van der Waals surface area contributed by atoms with Gasteiger partial charge in [-0.05, 0) is 40.5 Å². The standard InChI is InChI=1S/C12H27NO2/c1-9(2)12(7,15)8-13-10(3,4)11(5,6)14/h9,13-15H,8H2,1-7H3. The van der Waals surface area contributed by atoms with Crippen LogP contribution in [0, 0.1) is 5.92 Å². The summed E-state index contributed by atoms with van der Waals surface area (Å²) in [6.07, 6.45) is 0. The molecule has 1 unspecified atom stereocenters. The van der Waals surface area contributed by atoms with Crippen molar-refractivity contribution < 1.29 is 10.2 Å². The molecule has 0 saturated heterocycles. The molecule has 0 aliphatic rings. The van der Waals surface area contributed by atoms with E-state index in [4.69, 9.17) is 0 Å². The molecule has 3 nitrogen and oxygen atoms in total. The van der Waals surface area contributed by atoms with Crippen LogP contribution in [0.2, 0.25) is 0 Å². The highest BCUT2D eigenvalue weighted by atomic mass is 16.3. The van der Waals surface area contributed by atoms with E-state index in [2.05, 4.69) is 5.32 Å². The summed E-state index contributed by atoms with van der Waals surface area (Å²) >= 11 is 0. The average Bonchev–Trinajstić information content (AvgIpc) is 1.99. The SMILES string of the molecule is CC(C)C(C)(O)CNC(C)(C)C(C)(C)O. The Kier molecular flexibility index (Phi) is 4.36. The topological polar surface area (TPSA) is 52.5 Å². The maximum atomic E-state index is 10.1. The van der Waals surface area contributed by atoms with Gasteiger partial charge in [0.05, 0.1) is 11.2 Å².